The van der Waals surface area contributed by atoms with E-state index in [-0.39, 0.29) is 5.56 Å². The summed E-state index contributed by atoms with van der Waals surface area (Å²) >= 11 is 0. The molecule has 1 unspecified atom stereocenters. The maximum Gasteiger partial charge on any atom is 0.163 e. The molecule has 0 bridgehead atoms. The predicted molar refractivity (Wildman–Crippen MR) is 54.4 cm³/mol. The summed E-state index contributed by atoms with van der Waals surface area (Å²) in [7, 11) is 1.59. The molecular weight excluding hydrogens is 200 g/mol. The maximum atomic E-state index is 13.3. The first-order valence-electron chi connectivity index (χ1n) is 4.85. The molecule has 15 heavy (non-hydrogen) atoms. The van der Waals surface area contributed by atoms with Crippen LogP contribution in [0.2, 0.25) is 0 Å². The molecule has 2 N–H and O–H groups in total. The molecule has 84 valence electrons. The Morgan fingerprint density at radius 2 is 2.13 bits per heavy atom. The van der Waals surface area contributed by atoms with Gasteiger partial charge in [0, 0.05) is 25.3 Å². The first kappa shape index (κ1) is 12.1. The third-order valence-corrected chi connectivity index (χ3v) is 2.24. The van der Waals surface area contributed by atoms with Gasteiger partial charge in [-0.3, -0.25) is 0 Å². The van der Waals surface area contributed by atoms with Gasteiger partial charge in [-0.1, -0.05) is 12.1 Å². The molecule has 0 heterocycles. The van der Waals surface area contributed by atoms with Gasteiger partial charge < -0.3 is 10.5 Å². The zero-order valence-corrected chi connectivity index (χ0v) is 8.67. The minimum Gasteiger partial charge on any atom is -0.385 e. The van der Waals surface area contributed by atoms with Gasteiger partial charge in [-0.25, -0.2) is 8.78 Å². The standard InChI is InChI=1S/C11H15F2NO/c1-15-7-3-6-10(14)8-4-2-5-9(12)11(8)13/h2,4-5,10H,3,6-7,14H2,1H3. The third kappa shape index (κ3) is 3.25. The highest BCUT2D eigenvalue weighted by Gasteiger charge is 2.13. The zero-order valence-electron chi connectivity index (χ0n) is 8.67. The first-order valence-corrected chi connectivity index (χ1v) is 4.85. The number of rotatable bonds is 5. The van der Waals surface area contributed by atoms with E-state index in [2.05, 4.69) is 0 Å². The maximum absolute atomic E-state index is 13.3. The first-order chi connectivity index (χ1) is 7.16. The molecule has 0 spiro atoms. The summed E-state index contributed by atoms with van der Waals surface area (Å²) < 4.78 is 31.0. The minimum atomic E-state index is -0.852. The summed E-state index contributed by atoms with van der Waals surface area (Å²) in [6.07, 6.45) is 1.31. The fraction of sp³-hybridized carbons (Fsp3) is 0.455. The lowest BCUT2D eigenvalue weighted by atomic mass is 10.0. The fourth-order valence-electron chi connectivity index (χ4n) is 1.41. The molecule has 0 radical (unpaired) electrons. The van der Waals surface area contributed by atoms with Gasteiger partial charge in [0.2, 0.25) is 0 Å². The molecule has 0 aliphatic carbocycles. The van der Waals surface area contributed by atoms with Gasteiger partial charge in [-0.15, -0.1) is 0 Å². The van der Waals surface area contributed by atoms with Crippen molar-refractivity contribution < 1.29 is 13.5 Å². The molecule has 2 nitrogen and oxygen atoms in total. The molecular formula is C11H15F2NO. The van der Waals surface area contributed by atoms with Gasteiger partial charge in [-0.05, 0) is 18.9 Å². The highest BCUT2D eigenvalue weighted by molar-refractivity contribution is 5.22. The molecule has 1 atom stereocenters. The van der Waals surface area contributed by atoms with Crippen molar-refractivity contribution in [2.45, 2.75) is 18.9 Å². The van der Waals surface area contributed by atoms with E-state index in [1.165, 1.54) is 12.1 Å². The Labute approximate surface area is 88.0 Å². The molecule has 0 saturated carbocycles. The van der Waals surface area contributed by atoms with Crippen LogP contribution < -0.4 is 5.73 Å². The Morgan fingerprint density at radius 3 is 2.80 bits per heavy atom. The fourth-order valence-corrected chi connectivity index (χ4v) is 1.41. The van der Waals surface area contributed by atoms with Crippen molar-refractivity contribution in [2.24, 2.45) is 5.73 Å². The second kappa shape index (κ2) is 5.78. The quantitative estimate of drug-likeness (QED) is 0.765. The average molecular weight is 215 g/mol. The number of hydrogen-bond acceptors (Lipinski definition) is 2. The lowest BCUT2D eigenvalue weighted by molar-refractivity contribution is 0.190. The van der Waals surface area contributed by atoms with Gasteiger partial charge in [0.25, 0.3) is 0 Å². The monoisotopic (exact) mass is 215 g/mol. The van der Waals surface area contributed by atoms with Crippen molar-refractivity contribution >= 4 is 0 Å². The smallest absolute Gasteiger partial charge is 0.163 e. The number of methoxy groups -OCH3 is 1. The van der Waals surface area contributed by atoms with Gasteiger partial charge in [-0.2, -0.15) is 0 Å². The van der Waals surface area contributed by atoms with Gasteiger partial charge in [0.15, 0.2) is 11.6 Å². The molecule has 1 aromatic rings. The molecule has 0 aromatic heterocycles. The minimum absolute atomic E-state index is 0.228. The van der Waals surface area contributed by atoms with Crippen molar-refractivity contribution in [3.05, 3.63) is 35.4 Å². The normalized spacial score (nSPS) is 12.8. The van der Waals surface area contributed by atoms with Crippen molar-refractivity contribution in [2.75, 3.05) is 13.7 Å². The summed E-state index contributed by atoms with van der Waals surface area (Å²) in [6, 6.07) is 3.58. The van der Waals surface area contributed by atoms with Gasteiger partial charge >= 0.3 is 0 Å². The Hall–Kier alpha value is -1.00. The molecule has 0 aliphatic heterocycles. The highest BCUT2D eigenvalue weighted by atomic mass is 19.2. The number of ether oxygens (including phenoxy) is 1. The molecule has 0 fully saturated rings. The second-order valence-electron chi connectivity index (χ2n) is 3.38. The summed E-state index contributed by atoms with van der Waals surface area (Å²) in [5.74, 6) is -1.70. The van der Waals surface area contributed by atoms with E-state index in [1.807, 2.05) is 0 Å². The van der Waals surface area contributed by atoms with Crippen LogP contribution in [0.25, 0.3) is 0 Å². The van der Waals surface area contributed by atoms with E-state index in [1.54, 1.807) is 7.11 Å². The molecule has 4 heteroatoms. The van der Waals surface area contributed by atoms with Crippen molar-refractivity contribution in [3.8, 4) is 0 Å². The lowest BCUT2D eigenvalue weighted by Gasteiger charge is -2.12. The Bertz CT molecular complexity index is 317. The number of hydrogen-bond donors (Lipinski definition) is 1. The van der Waals surface area contributed by atoms with Crippen molar-refractivity contribution in [1.29, 1.82) is 0 Å². The van der Waals surface area contributed by atoms with Crippen LogP contribution in [0.3, 0.4) is 0 Å². The Balaban J connectivity index is 2.65. The Kier molecular flexibility index (Phi) is 4.65. The summed E-state index contributed by atoms with van der Waals surface area (Å²) in [6.45, 7) is 0.574. The largest absolute Gasteiger partial charge is 0.385 e. The van der Waals surface area contributed by atoms with E-state index in [0.717, 1.165) is 12.5 Å². The van der Waals surface area contributed by atoms with Crippen LogP contribution in [0.5, 0.6) is 0 Å². The van der Waals surface area contributed by atoms with Crippen LogP contribution in [0, 0.1) is 11.6 Å². The van der Waals surface area contributed by atoms with E-state index >= 15 is 0 Å². The van der Waals surface area contributed by atoms with Crippen LogP contribution in [0.1, 0.15) is 24.4 Å². The predicted octanol–water partition coefficient (Wildman–Crippen LogP) is 2.39. The molecule has 0 aliphatic rings. The summed E-state index contributed by atoms with van der Waals surface area (Å²) in [5.41, 5.74) is 5.97. The lowest BCUT2D eigenvalue weighted by Crippen LogP contribution is -2.13. The Morgan fingerprint density at radius 1 is 1.40 bits per heavy atom. The number of nitrogens with two attached hydrogens (primary N) is 1. The van der Waals surface area contributed by atoms with Gasteiger partial charge in [0.05, 0.1) is 0 Å². The molecule has 1 aromatic carbocycles. The molecule has 0 amide bonds. The number of halogens is 2. The van der Waals surface area contributed by atoms with E-state index < -0.39 is 17.7 Å². The highest BCUT2D eigenvalue weighted by Crippen LogP contribution is 2.20. The molecule has 0 saturated heterocycles. The van der Waals surface area contributed by atoms with Crippen LogP contribution in [0.4, 0.5) is 8.78 Å². The van der Waals surface area contributed by atoms with Gasteiger partial charge in [0.1, 0.15) is 0 Å². The summed E-state index contributed by atoms with van der Waals surface area (Å²) in [4.78, 5) is 0. The van der Waals surface area contributed by atoms with Crippen LogP contribution in [-0.4, -0.2) is 13.7 Å². The second-order valence-corrected chi connectivity index (χ2v) is 3.38. The van der Waals surface area contributed by atoms with E-state index in [0.29, 0.717) is 13.0 Å². The zero-order chi connectivity index (χ0) is 11.3. The van der Waals surface area contributed by atoms with Crippen molar-refractivity contribution in [1.82, 2.24) is 0 Å². The topological polar surface area (TPSA) is 35.2 Å². The van der Waals surface area contributed by atoms with E-state index in [4.69, 9.17) is 10.5 Å². The van der Waals surface area contributed by atoms with E-state index in [9.17, 15) is 8.78 Å². The van der Waals surface area contributed by atoms with Crippen molar-refractivity contribution in [3.63, 3.8) is 0 Å². The average Bonchev–Trinajstić information content (AvgIpc) is 2.22. The third-order valence-electron chi connectivity index (χ3n) is 2.24. The summed E-state index contributed by atoms with van der Waals surface area (Å²) in [5, 5.41) is 0. The molecule has 1 rings (SSSR count). The number of benzene rings is 1. The van der Waals surface area contributed by atoms with Crippen LogP contribution in [-0.2, 0) is 4.74 Å². The van der Waals surface area contributed by atoms with Crippen LogP contribution in [0.15, 0.2) is 18.2 Å². The van der Waals surface area contributed by atoms with Crippen LogP contribution >= 0.6 is 0 Å². The SMILES string of the molecule is COCCCC(N)c1cccc(F)c1F.